The van der Waals surface area contributed by atoms with Crippen molar-refractivity contribution in [1.29, 1.82) is 0 Å². The van der Waals surface area contributed by atoms with Gasteiger partial charge in [0.1, 0.15) is 5.75 Å². The second kappa shape index (κ2) is 6.85. The fourth-order valence-corrected chi connectivity index (χ4v) is 2.78. The number of alkyl halides is 3. The van der Waals surface area contributed by atoms with Crippen LogP contribution < -0.4 is 4.74 Å². The molecule has 0 N–H and O–H groups in total. The Morgan fingerprint density at radius 3 is 2.86 bits per heavy atom. The predicted molar refractivity (Wildman–Crippen MR) is 80.0 cm³/mol. The first kappa shape index (κ1) is 16.4. The van der Waals surface area contributed by atoms with Crippen LogP contribution in [0.1, 0.15) is 12.8 Å². The molecular weight excluding hydrogens is 398 g/mol. The minimum absolute atomic E-state index is 0.0883. The molecule has 1 unspecified atom stereocenters. The molecule has 1 aliphatic rings. The largest absolute Gasteiger partial charge is 0.484 e. The zero-order chi connectivity index (χ0) is 15.5. The van der Waals surface area contributed by atoms with Gasteiger partial charge in [-0.05, 0) is 53.6 Å². The highest BCUT2D eigenvalue weighted by atomic mass is 127. The third-order valence-electron chi connectivity index (χ3n) is 3.40. The number of carbonyl (C=O) groups excluding carboxylic acids is 1. The maximum atomic E-state index is 12.7. The first-order chi connectivity index (χ1) is 9.86. The molecule has 0 saturated carbocycles. The van der Waals surface area contributed by atoms with E-state index in [9.17, 15) is 18.0 Å². The van der Waals surface area contributed by atoms with E-state index in [1.807, 2.05) is 6.07 Å². The van der Waals surface area contributed by atoms with Crippen molar-refractivity contribution < 1.29 is 22.7 Å². The van der Waals surface area contributed by atoms with Crippen LogP contribution in [0, 0.1) is 9.49 Å². The van der Waals surface area contributed by atoms with Crippen LogP contribution in [0.4, 0.5) is 13.2 Å². The molecule has 0 radical (unpaired) electrons. The summed E-state index contributed by atoms with van der Waals surface area (Å²) in [6.07, 6.45) is -3.78. The van der Waals surface area contributed by atoms with E-state index in [0.717, 1.165) is 3.57 Å². The summed E-state index contributed by atoms with van der Waals surface area (Å²) in [7, 11) is 0. The van der Waals surface area contributed by atoms with E-state index in [1.54, 1.807) is 18.2 Å². The van der Waals surface area contributed by atoms with Crippen molar-refractivity contribution in [2.45, 2.75) is 19.0 Å². The number of halogens is 4. The van der Waals surface area contributed by atoms with Crippen LogP contribution >= 0.6 is 22.6 Å². The summed E-state index contributed by atoms with van der Waals surface area (Å²) in [6.45, 7) is -0.135. The first-order valence-corrected chi connectivity index (χ1v) is 7.67. The minimum Gasteiger partial charge on any atom is -0.484 e. The minimum atomic E-state index is -4.24. The van der Waals surface area contributed by atoms with Crippen LogP contribution in [0.2, 0.25) is 0 Å². The Morgan fingerprint density at radius 2 is 2.19 bits per heavy atom. The molecule has 1 aromatic carbocycles. The molecule has 1 aliphatic heterocycles. The third kappa shape index (κ3) is 4.76. The average molecular weight is 413 g/mol. The third-order valence-corrected chi connectivity index (χ3v) is 4.07. The van der Waals surface area contributed by atoms with Crippen molar-refractivity contribution in [2.24, 2.45) is 5.92 Å². The van der Waals surface area contributed by atoms with Gasteiger partial charge in [0.25, 0.3) is 5.91 Å². The highest BCUT2D eigenvalue weighted by Gasteiger charge is 2.42. The lowest BCUT2D eigenvalue weighted by Gasteiger charge is -2.33. The quantitative estimate of drug-likeness (QED) is 0.711. The smallest absolute Gasteiger partial charge is 0.393 e. The summed E-state index contributed by atoms with van der Waals surface area (Å²) in [6, 6.07) is 7.16. The number of carbonyl (C=O) groups is 1. The van der Waals surface area contributed by atoms with Crippen LogP contribution in [-0.2, 0) is 4.79 Å². The number of benzene rings is 1. The number of nitrogens with zero attached hydrogens (tertiary/aromatic N) is 1. The molecule has 1 saturated heterocycles. The predicted octanol–water partition coefficient (Wildman–Crippen LogP) is 3.47. The molecule has 3 nitrogen and oxygen atoms in total. The molecule has 0 spiro atoms. The van der Waals surface area contributed by atoms with Gasteiger partial charge in [0, 0.05) is 16.7 Å². The highest BCUT2D eigenvalue weighted by molar-refractivity contribution is 14.1. The maximum absolute atomic E-state index is 12.7. The van der Waals surface area contributed by atoms with Gasteiger partial charge < -0.3 is 9.64 Å². The molecule has 0 aromatic heterocycles. The Bertz CT molecular complexity index is 507. The van der Waals surface area contributed by atoms with E-state index in [-0.39, 0.29) is 19.6 Å². The fourth-order valence-electron chi connectivity index (χ4n) is 2.26. The number of hydrogen-bond donors (Lipinski definition) is 0. The van der Waals surface area contributed by atoms with E-state index in [1.165, 1.54) is 4.90 Å². The van der Waals surface area contributed by atoms with Gasteiger partial charge in [-0.3, -0.25) is 4.79 Å². The molecule has 1 atom stereocenters. The Labute approximate surface area is 134 Å². The summed E-state index contributed by atoms with van der Waals surface area (Å²) in [5.41, 5.74) is 0. The summed E-state index contributed by atoms with van der Waals surface area (Å²) in [5, 5.41) is 0. The lowest BCUT2D eigenvalue weighted by atomic mass is 9.97. The molecule has 1 fully saturated rings. The van der Waals surface area contributed by atoms with Gasteiger partial charge in [-0.2, -0.15) is 13.2 Å². The van der Waals surface area contributed by atoms with Crippen molar-refractivity contribution in [3.05, 3.63) is 27.8 Å². The van der Waals surface area contributed by atoms with Crippen molar-refractivity contribution in [3.8, 4) is 5.75 Å². The van der Waals surface area contributed by atoms with E-state index in [4.69, 9.17) is 4.74 Å². The van der Waals surface area contributed by atoms with Gasteiger partial charge in [0.05, 0.1) is 5.92 Å². The molecule has 2 rings (SSSR count). The van der Waals surface area contributed by atoms with Gasteiger partial charge in [0.15, 0.2) is 6.61 Å². The molecule has 0 aliphatic carbocycles. The Kier molecular flexibility index (Phi) is 5.34. The van der Waals surface area contributed by atoms with Crippen LogP contribution in [0.5, 0.6) is 5.75 Å². The molecule has 1 heterocycles. The van der Waals surface area contributed by atoms with Crippen molar-refractivity contribution in [2.75, 3.05) is 19.7 Å². The number of ether oxygens (including phenoxy) is 1. The number of piperidine rings is 1. The van der Waals surface area contributed by atoms with Crippen molar-refractivity contribution in [1.82, 2.24) is 4.90 Å². The summed E-state index contributed by atoms with van der Waals surface area (Å²) in [5.74, 6) is -1.28. The molecule has 21 heavy (non-hydrogen) atoms. The normalized spacial score (nSPS) is 19.4. The van der Waals surface area contributed by atoms with Gasteiger partial charge in [-0.1, -0.05) is 6.07 Å². The molecule has 116 valence electrons. The Hall–Kier alpha value is -0.990. The number of rotatable bonds is 3. The SMILES string of the molecule is O=C(COc1cccc(I)c1)N1CCCC(C(F)(F)F)C1. The first-order valence-electron chi connectivity index (χ1n) is 6.59. The summed E-state index contributed by atoms with van der Waals surface area (Å²) in [4.78, 5) is 13.2. The average Bonchev–Trinajstić information content (AvgIpc) is 2.44. The van der Waals surface area contributed by atoms with Crippen LogP contribution in [0.15, 0.2) is 24.3 Å². The van der Waals surface area contributed by atoms with E-state index < -0.39 is 18.0 Å². The van der Waals surface area contributed by atoms with E-state index in [0.29, 0.717) is 18.7 Å². The number of hydrogen-bond acceptors (Lipinski definition) is 2. The van der Waals surface area contributed by atoms with Crippen LogP contribution in [0.25, 0.3) is 0 Å². The lowest BCUT2D eigenvalue weighted by Crippen LogP contribution is -2.46. The maximum Gasteiger partial charge on any atom is 0.393 e. The molecule has 1 amide bonds. The van der Waals surface area contributed by atoms with E-state index >= 15 is 0 Å². The van der Waals surface area contributed by atoms with Crippen LogP contribution in [-0.4, -0.2) is 36.7 Å². The molecule has 7 heteroatoms. The summed E-state index contributed by atoms with van der Waals surface area (Å²) < 4.78 is 44.4. The Balaban J connectivity index is 1.88. The molecule has 0 bridgehead atoms. The van der Waals surface area contributed by atoms with E-state index in [2.05, 4.69) is 22.6 Å². The molecule has 1 aromatic rings. The van der Waals surface area contributed by atoms with Crippen molar-refractivity contribution >= 4 is 28.5 Å². The zero-order valence-electron chi connectivity index (χ0n) is 11.2. The monoisotopic (exact) mass is 413 g/mol. The van der Waals surface area contributed by atoms with Crippen molar-refractivity contribution in [3.63, 3.8) is 0 Å². The van der Waals surface area contributed by atoms with Crippen LogP contribution in [0.3, 0.4) is 0 Å². The standard InChI is InChI=1S/C14H15F3INO2/c15-14(16,17)10-3-2-6-19(8-10)13(20)9-21-12-5-1-4-11(18)7-12/h1,4-5,7,10H,2-3,6,8-9H2. The topological polar surface area (TPSA) is 29.5 Å². The molecular formula is C14H15F3INO2. The van der Waals surface area contributed by atoms with Gasteiger partial charge >= 0.3 is 6.18 Å². The lowest BCUT2D eigenvalue weighted by molar-refractivity contribution is -0.188. The second-order valence-corrected chi connectivity index (χ2v) is 6.21. The second-order valence-electron chi connectivity index (χ2n) is 4.97. The summed E-state index contributed by atoms with van der Waals surface area (Å²) >= 11 is 2.12. The zero-order valence-corrected chi connectivity index (χ0v) is 13.4. The fraction of sp³-hybridized carbons (Fsp3) is 0.500. The van der Waals surface area contributed by atoms with Gasteiger partial charge in [-0.15, -0.1) is 0 Å². The number of amides is 1. The van der Waals surface area contributed by atoms with Gasteiger partial charge in [0.2, 0.25) is 0 Å². The Morgan fingerprint density at radius 1 is 1.43 bits per heavy atom. The number of likely N-dealkylation sites (tertiary alicyclic amines) is 1. The van der Waals surface area contributed by atoms with Gasteiger partial charge in [-0.25, -0.2) is 0 Å². The highest BCUT2D eigenvalue weighted by Crippen LogP contribution is 2.33.